The molecular weight excluding hydrogens is 330 g/mol. The molecule has 18 heavy (non-hydrogen) atoms. The van der Waals surface area contributed by atoms with Crippen molar-refractivity contribution in [1.29, 1.82) is 0 Å². The lowest BCUT2D eigenvalue weighted by Crippen LogP contribution is -2.10. The Balaban J connectivity index is 2.21. The van der Waals surface area contributed by atoms with E-state index in [1.165, 1.54) is 11.3 Å². The number of amides is 1. The van der Waals surface area contributed by atoms with Crippen LogP contribution in [0, 0.1) is 6.92 Å². The lowest BCUT2D eigenvalue weighted by atomic mass is 10.3. The molecule has 0 saturated carbocycles. The molecule has 0 aliphatic rings. The van der Waals surface area contributed by atoms with Crippen LogP contribution in [0.3, 0.4) is 0 Å². The van der Waals surface area contributed by atoms with Gasteiger partial charge in [0.25, 0.3) is 5.91 Å². The van der Waals surface area contributed by atoms with Crippen LogP contribution in [-0.2, 0) is 0 Å². The Bertz CT molecular complexity index is 561. The number of aryl methyl sites for hydroxylation is 1. The second-order valence-corrected chi connectivity index (χ2v) is 6.94. The van der Waals surface area contributed by atoms with Crippen molar-refractivity contribution in [1.82, 2.24) is 0 Å². The van der Waals surface area contributed by atoms with Crippen LogP contribution in [0.25, 0.3) is 0 Å². The Kier molecular flexibility index (Phi) is 4.48. The van der Waals surface area contributed by atoms with Crippen LogP contribution < -0.4 is 5.32 Å². The summed E-state index contributed by atoms with van der Waals surface area (Å²) in [5.74, 6) is -0.0599. The summed E-state index contributed by atoms with van der Waals surface area (Å²) in [4.78, 5) is 13.9. The summed E-state index contributed by atoms with van der Waals surface area (Å²) < 4.78 is 1.01. The molecule has 0 fully saturated rings. The first-order valence-corrected chi connectivity index (χ1v) is 8.15. The highest BCUT2D eigenvalue weighted by atomic mass is 79.9. The first-order chi connectivity index (χ1) is 8.61. The van der Waals surface area contributed by atoms with Crippen molar-refractivity contribution in [2.45, 2.75) is 11.8 Å². The van der Waals surface area contributed by atoms with Gasteiger partial charge >= 0.3 is 0 Å². The van der Waals surface area contributed by atoms with E-state index in [0.29, 0.717) is 0 Å². The SMILES string of the molecule is CSc1ccccc1NC(=O)c1cc(C)c(Br)s1. The fraction of sp³-hybridized carbons (Fsp3) is 0.154. The molecular formula is C13H12BrNOS2. The Hall–Kier alpha value is -0.780. The molecule has 0 aliphatic carbocycles. The van der Waals surface area contributed by atoms with Gasteiger partial charge in [0, 0.05) is 4.90 Å². The van der Waals surface area contributed by atoms with E-state index < -0.39 is 0 Å². The van der Waals surface area contributed by atoms with Crippen LogP contribution in [0.2, 0.25) is 0 Å². The van der Waals surface area contributed by atoms with Gasteiger partial charge in [-0.05, 0) is 52.9 Å². The smallest absolute Gasteiger partial charge is 0.265 e. The second kappa shape index (κ2) is 5.91. The van der Waals surface area contributed by atoms with Gasteiger partial charge in [-0.15, -0.1) is 23.1 Å². The summed E-state index contributed by atoms with van der Waals surface area (Å²) in [6.45, 7) is 1.98. The van der Waals surface area contributed by atoms with Crippen LogP contribution in [0.4, 0.5) is 5.69 Å². The van der Waals surface area contributed by atoms with E-state index in [9.17, 15) is 4.79 Å². The summed E-state index contributed by atoms with van der Waals surface area (Å²) in [5, 5.41) is 2.95. The first kappa shape index (κ1) is 13.6. The zero-order valence-corrected chi connectivity index (χ0v) is 13.2. The van der Waals surface area contributed by atoms with E-state index in [1.807, 2.05) is 43.5 Å². The molecule has 0 spiro atoms. The average molecular weight is 342 g/mol. The number of benzene rings is 1. The highest BCUT2D eigenvalue weighted by Crippen LogP contribution is 2.29. The molecule has 1 aromatic heterocycles. The molecule has 1 heterocycles. The molecule has 2 aromatic rings. The van der Waals surface area contributed by atoms with E-state index in [0.717, 1.165) is 24.8 Å². The number of halogens is 1. The number of carbonyl (C=O) groups excluding carboxylic acids is 1. The number of thiophene rings is 1. The highest BCUT2D eigenvalue weighted by Gasteiger charge is 2.12. The van der Waals surface area contributed by atoms with Gasteiger partial charge in [-0.25, -0.2) is 0 Å². The van der Waals surface area contributed by atoms with E-state index in [-0.39, 0.29) is 5.91 Å². The Morgan fingerprint density at radius 2 is 2.11 bits per heavy atom. The lowest BCUT2D eigenvalue weighted by molar-refractivity contribution is 0.103. The molecule has 1 N–H and O–H groups in total. The quantitative estimate of drug-likeness (QED) is 0.813. The molecule has 0 unspecified atom stereocenters. The van der Waals surface area contributed by atoms with Gasteiger partial charge in [-0.3, -0.25) is 4.79 Å². The van der Waals surface area contributed by atoms with E-state index >= 15 is 0 Å². The van der Waals surface area contributed by atoms with Gasteiger partial charge in [-0.2, -0.15) is 0 Å². The van der Waals surface area contributed by atoms with E-state index in [4.69, 9.17) is 0 Å². The third-order valence-electron chi connectivity index (χ3n) is 2.44. The maximum absolute atomic E-state index is 12.1. The minimum Gasteiger partial charge on any atom is -0.320 e. The Morgan fingerprint density at radius 3 is 2.72 bits per heavy atom. The molecule has 94 valence electrons. The molecule has 0 atom stereocenters. The summed E-state index contributed by atoms with van der Waals surface area (Å²) in [6, 6.07) is 9.69. The van der Waals surface area contributed by atoms with Gasteiger partial charge in [0.05, 0.1) is 14.4 Å². The zero-order valence-electron chi connectivity index (χ0n) is 9.99. The Morgan fingerprint density at radius 1 is 1.39 bits per heavy atom. The first-order valence-electron chi connectivity index (χ1n) is 5.32. The number of thioether (sulfide) groups is 1. The predicted octanol–water partition coefficient (Wildman–Crippen LogP) is 4.79. The van der Waals surface area contributed by atoms with Gasteiger partial charge < -0.3 is 5.32 Å². The minimum atomic E-state index is -0.0599. The molecule has 2 nitrogen and oxygen atoms in total. The van der Waals surface area contributed by atoms with E-state index in [2.05, 4.69) is 21.2 Å². The van der Waals surface area contributed by atoms with Crippen LogP contribution in [-0.4, -0.2) is 12.2 Å². The number of nitrogens with one attached hydrogen (secondary N) is 1. The monoisotopic (exact) mass is 341 g/mol. The highest BCUT2D eigenvalue weighted by molar-refractivity contribution is 9.11. The van der Waals surface area contributed by atoms with E-state index in [1.54, 1.807) is 11.8 Å². The zero-order chi connectivity index (χ0) is 13.1. The van der Waals surface area contributed by atoms with Crippen molar-refractivity contribution in [3.63, 3.8) is 0 Å². The van der Waals surface area contributed by atoms with Crippen LogP contribution in [0.15, 0.2) is 39.0 Å². The standard InChI is InChI=1S/C13H12BrNOS2/c1-8-7-11(18-12(8)14)13(16)15-9-5-3-4-6-10(9)17-2/h3-7H,1-2H3,(H,15,16). The molecule has 0 aliphatic heterocycles. The van der Waals surface area contributed by atoms with Gasteiger partial charge in [0.15, 0.2) is 0 Å². The van der Waals surface area contributed by atoms with Crippen molar-refractivity contribution >= 4 is 50.6 Å². The third-order valence-corrected chi connectivity index (χ3v) is 5.37. The normalized spacial score (nSPS) is 10.4. The molecule has 1 aromatic carbocycles. The number of carbonyl (C=O) groups is 1. The third kappa shape index (κ3) is 2.96. The van der Waals surface area contributed by atoms with Crippen molar-refractivity contribution < 1.29 is 4.79 Å². The summed E-state index contributed by atoms with van der Waals surface area (Å²) in [7, 11) is 0. The molecule has 2 rings (SSSR count). The van der Waals surface area contributed by atoms with Crippen molar-refractivity contribution in [3.8, 4) is 0 Å². The number of rotatable bonds is 3. The largest absolute Gasteiger partial charge is 0.320 e. The van der Waals surface area contributed by atoms with Gasteiger partial charge in [-0.1, -0.05) is 12.1 Å². The van der Waals surface area contributed by atoms with Crippen LogP contribution >= 0.6 is 39.0 Å². The predicted molar refractivity (Wildman–Crippen MR) is 82.9 cm³/mol. The van der Waals surface area contributed by atoms with Crippen molar-refractivity contribution in [2.24, 2.45) is 0 Å². The molecule has 0 radical (unpaired) electrons. The number of anilines is 1. The fourth-order valence-corrected chi connectivity index (χ4v) is 3.49. The number of hydrogen-bond donors (Lipinski definition) is 1. The van der Waals surface area contributed by atoms with Gasteiger partial charge in [0.2, 0.25) is 0 Å². The lowest BCUT2D eigenvalue weighted by Gasteiger charge is -2.07. The fourth-order valence-electron chi connectivity index (χ4n) is 1.50. The molecule has 5 heteroatoms. The van der Waals surface area contributed by atoms with Crippen LogP contribution in [0.5, 0.6) is 0 Å². The maximum atomic E-state index is 12.1. The number of para-hydroxylation sites is 1. The number of hydrogen-bond acceptors (Lipinski definition) is 3. The maximum Gasteiger partial charge on any atom is 0.265 e. The second-order valence-electron chi connectivity index (χ2n) is 3.72. The molecule has 0 saturated heterocycles. The minimum absolute atomic E-state index is 0.0599. The van der Waals surface area contributed by atoms with Crippen molar-refractivity contribution in [2.75, 3.05) is 11.6 Å². The molecule has 1 amide bonds. The topological polar surface area (TPSA) is 29.1 Å². The Labute approximate surface area is 123 Å². The van der Waals surface area contributed by atoms with Crippen LogP contribution in [0.1, 0.15) is 15.2 Å². The van der Waals surface area contributed by atoms with Crippen molar-refractivity contribution in [3.05, 3.63) is 44.6 Å². The summed E-state index contributed by atoms with van der Waals surface area (Å²) in [6.07, 6.45) is 2.00. The molecule has 0 bridgehead atoms. The summed E-state index contributed by atoms with van der Waals surface area (Å²) >= 11 is 6.51. The van der Waals surface area contributed by atoms with Gasteiger partial charge in [0.1, 0.15) is 0 Å². The summed E-state index contributed by atoms with van der Waals surface area (Å²) in [5.41, 5.74) is 1.94. The average Bonchev–Trinajstić information content (AvgIpc) is 2.70.